The van der Waals surface area contributed by atoms with E-state index in [1.165, 1.54) is 6.92 Å². The van der Waals surface area contributed by atoms with Gasteiger partial charge in [-0.15, -0.1) is 0 Å². The van der Waals surface area contributed by atoms with Crippen LogP contribution < -0.4 is 0 Å². The number of hydrogen-bond acceptors (Lipinski definition) is 3. The van der Waals surface area contributed by atoms with Crippen LogP contribution in [0, 0.1) is 6.92 Å². The molecule has 0 bridgehead atoms. The Morgan fingerprint density at radius 2 is 0.769 bits per heavy atom. The standard InChI is InChI=1S/C16H7F19O3S/c1-6-2-4-7(5-3-6)39(36,37)38-16(34,35)14(29,30)12(25,26)10(21,22)8(17,18)9(19,20)11(23,24)13(27,28)15(31,32)33/h2-5H,1H3. The van der Waals surface area contributed by atoms with Crippen LogP contribution in [-0.2, 0) is 14.3 Å². The van der Waals surface area contributed by atoms with E-state index >= 15 is 0 Å². The van der Waals surface area contributed by atoms with E-state index in [9.17, 15) is 91.8 Å². The van der Waals surface area contributed by atoms with Crippen LogP contribution in [0.2, 0.25) is 0 Å². The minimum atomic E-state index is -9.11. The molecule has 0 radical (unpaired) electrons. The Bertz CT molecular complexity index is 1150. The highest BCUT2D eigenvalue weighted by Gasteiger charge is 2.97. The lowest BCUT2D eigenvalue weighted by Crippen LogP contribution is -2.76. The van der Waals surface area contributed by atoms with Gasteiger partial charge in [0.15, 0.2) is 0 Å². The van der Waals surface area contributed by atoms with Crippen molar-refractivity contribution in [3.63, 3.8) is 0 Å². The van der Waals surface area contributed by atoms with Crippen LogP contribution in [0.3, 0.4) is 0 Å². The first kappa shape index (κ1) is 34.8. The zero-order chi connectivity index (χ0) is 31.7. The summed E-state index contributed by atoms with van der Waals surface area (Å²) in [7, 11) is -6.43. The third-order valence-corrected chi connectivity index (χ3v) is 5.89. The van der Waals surface area contributed by atoms with Crippen molar-refractivity contribution in [2.45, 2.75) is 65.6 Å². The van der Waals surface area contributed by atoms with E-state index < -0.39 is 68.8 Å². The third kappa shape index (κ3) is 4.85. The van der Waals surface area contributed by atoms with Crippen molar-refractivity contribution in [1.29, 1.82) is 0 Å². The maximum absolute atomic E-state index is 13.8. The van der Waals surface area contributed by atoms with Gasteiger partial charge in [-0.2, -0.15) is 96.0 Å². The molecule has 0 spiro atoms. The van der Waals surface area contributed by atoms with E-state index in [2.05, 4.69) is 4.18 Å². The normalized spacial score (nSPS) is 16.0. The molecule has 0 N–H and O–H groups in total. The zero-order valence-corrected chi connectivity index (χ0v) is 18.4. The van der Waals surface area contributed by atoms with Gasteiger partial charge in [-0.1, -0.05) is 17.7 Å². The fourth-order valence-corrected chi connectivity index (χ4v) is 3.24. The number of alkyl halides is 19. The molecule has 0 aliphatic rings. The summed E-state index contributed by atoms with van der Waals surface area (Å²) in [5.41, 5.74) is 0.119. The smallest absolute Gasteiger partial charge is 0.194 e. The van der Waals surface area contributed by atoms with E-state index in [0.717, 1.165) is 12.1 Å². The second-order valence-corrected chi connectivity index (χ2v) is 8.93. The Hall–Kier alpha value is -2.20. The van der Waals surface area contributed by atoms with Gasteiger partial charge in [0.2, 0.25) is 0 Å². The van der Waals surface area contributed by atoms with Crippen molar-refractivity contribution in [2.24, 2.45) is 0 Å². The highest BCUT2D eigenvalue weighted by atomic mass is 32.2. The van der Waals surface area contributed by atoms with Gasteiger partial charge in [-0.25, -0.2) is 0 Å². The van der Waals surface area contributed by atoms with E-state index in [4.69, 9.17) is 0 Å². The summed E-state index contributed by atoms with van der Waals surface area (Å²) in [4.78, 5) is -1.61. The molecule has 228 valence electrons. The Balaban J connectivity index is 3.70. The quantitative estimate of drug-likeness (QED) is 0.199. The van der Waals surface area contributed by atoms with Crippen molar-refractivity contribution in [2.75, 3.05) is 0 Å². The number of hydrogen-bond donors (Lipinski definition) is 0. The second kappa shape index (κ2) is 9.16. The average molecular weight is 640 g/mol. The Morgan fingerprint density at radius 1 is 0.487 bits per heavy atom. The predicted octanol–water partition coefficient (Wildman–Crippen LogP) is 7.30. The number of halogens is 19. The average Bonchev–Trinajstić information content (AvgIpc) is 2.71. The van der Waals surface area contributed by atoms with Crippen molar-refractivity contribution in [3.8, 4) is 0 Å². The monoisotopic (exact) mass is 640 g/mol. The van der Waals surface area contributed by atoms with Crippen molar-refractivity contribution >= 4 is 10.1 Å². The SMILES string of the molecule is Cc1ccc(S(=O)(=O)OC(F)(F)C(F)(F)C(F)(F)C(F)(F)C(F)(F)C(F)(F)C(F)(F)C(F)(F)C(F)(F)F)cc1. The lowest BCUT2D eigenvalue weighted by Gasteiger charge is -2.43. The topological polar surface area (TPSA) is 43.4 Å². The number of rotatable bonds is 10. The summed E-state index contributed by atoms with van der Waals surface area (Å²) in [5.74, 6) is -61.7. The highest BCUT2D eigenvalue weighted by molar-refractivity contribution is 7.86. The van der Waals surface area contributed by atoms with Crippen LogP contribution in [0.4, 0.5) is 83.4 Å². The van der Waals surface area contributed by atoms with Crippen molar-refractivity contribution < 1.29 is 96.0 Å². The molecule has 0 saturated carbocycles. The molecule has 0 heterocycles. The fraction of sp³-hybridized carbons (Fsp3) is 0.625. The van der Waals surface area contributed by atoms with Crippen LogP contribution in [0.1, 0.15) is 5.56 Å². The first-order valence-corrected chi connectivity index (χ1v) is 10.2. The first-order valence-electron chi connectivity index (χ1n) is 8.82. The Labute approximate surface area is 202 Å². The van der Waals surface area contributed by atoms with Gasteiger partial charge in [0.1, 0.15) is 0 Å². The minimum absolute atomic E-state index is 0.119. The fourth-order valence-electron chi connectivity index (χ4n) is 2.29. The molecular formula is C16H7F19O3S. The van der Waals surface area contributed by atoms with Crippen LogP contribution in [0.5, 0.6) is 0 Å². The summed E-state index contributed by atoms with van der Waals surface area (Å²) >= 11 is 0. The molecule has 3 nitrogen and oxygen atoms in total. The van der Waals surface area contributed by atoms with E-state index in [0.29, 0.717) is 0 Å². The van der Waals surface area contributed by atoms with E-state index in [1.54, 1.807) is 0 Å². The van der Waals surface area contributed by atoms with Crippen molar-refractivity contribution in [1.82, 2.24) is 0 Å². The van der Waals surface area contributed by atoms with Crippen LogP contribution in [0.25, 0.3) is 0 Å². The molecule has 1 aromatic rings. The van der Waals surface area contributed by atoms with Gasteiger partial charge in [0.25, 0.3) is 0 Å². The molecule has 0 aliphatic carbocycles. The summed E-state index contributed by atoms with van der Waals surface area (Å²) in [6.45, 7) is 1.20. The molecule has 0 aromatic heterocycles. The van der Waals surface area contributed by atoms with Gasteiger partial charge in [-0.05, 0) is 19.1 Å². The van der Waals surface area contributed by atoms with E-state index in [1.807, 2.05) is 0 Å². The van der Waals surface area contributed by atoms with Crippen molar-refractivity contribution in [3.05, 3.63) is 29.8 Å². The Kier molecular flexibility index (Phi) is 8.18. The maximum Gasteiger partial charge on any atom is 0.460 e. The lowest BCUT2D eigenvalue weighted by molar-refractivity contribution is -0.476. The highest BCUT2D eigenvalue weighted by Crippen LogP contribution is 2.65. The molecule has 0 saturated heterocycles. The van der Waals surface area contributed by atoms with Gasteiger partial charge in [0.05, 0.1) is 4.90 Å². The molecular weight excluding hydrogens is 633 g/mol. The summed E-state index contributed by atoms with van der Waals surface area (Å²) < 4.78 is 277. The molecule has 0 amide bonds. The molecule has 1 rings (SSSR count). The maximum atomic E-state index is 13.8. The zero-order valence-electron chi connectivity index (χ0n) is 17.6. The molecule has 1 aromatic carbocycles. The van der Waals surface area contributed by atoms with Gasteiger partial charge in [0, 0.05) is 0 Å². The van der Waals surface area contributed by atoms with E-state index in [-0.39, 0.29) is 17.7 Å². The second-order valence-electron chi connectivity index (χ2n) is 7.39. The van der Waals surface area contributed by atoms with Gasteiger partial charge in [-0.3, -0.25) is 0 Å². The molecule has 0 unspecified atom stereocenters. The minimum Gasteiger partial charge on any atom is -0.194 e. The molecule has 0 atom stereocenters. The van der Waals surface area contributed by atoms with Crippen LogP contribution >= 0.6 is 0 Å². The van der Waals surface area contributed by atoms with Gasteiger partial charge >= 0.3 is 63.9 Å². The summed E-state index contributed by atoms with van der Waals surface area (Å²) in [5, 5.41) is 0. The third-order valence-electron chi connectivity index (χ3n) is 4.61. The first-order chi connectivity index (χ1) is 16.7. The van der Waals surface area contributed by atoms with Crippen LogP contribution in [0.15, 0.2) is 29.2 Å². The van der Waals surface area contributed by atoms with Gasteiger partial charge < -0.3 is 0 Å². The predicted molar refractivity (Wildman–Crippen MR) is 85.1 cm³/mol. The Morgan fingerprint density at radius 3 is 1.08 bits per heavy atom. The van der Waals surface area contributed by atoms with Crippen LogP contribution in [-0.4, -0.2) is 62.2 Å². The molecule has 0 fully saturated rings. The molecule has 0 aliphatic heterocycles. The number of aryl methyl sites for hydroxylation is 1. The largest absolute Gasteiger partial charge is 0.460 e. The summed E-state index contributed by atoms with van der Waals surface area (Å²) in [6, 6.07) is 1.94. The number of benzene rings is 1. The lowest BCUT2D eigenvalue weighted by atomic mass is 9.88. The molecule has 23 heteroatoms. The molecule has 39 heavy (non-hydrogen) atoms. The summed E-state index contributed by atoms with van der Waals surface area (Å²) in [6.07, 6.45) is -15.6.